The van der Waals surface area contributed by atoms with E-state index in [1.165, 1.54) is 63.5 Å². The van der Waals surface area contributed by atoms with Crippen molar-refractivity contribution in [1.29, 1.82) is 0 Å². The molecule has 0 aromatic heterocycles. The lowest BCUT2D eigenvalue weighted by molar-refractivity contribution is -0.120. The highest BCUT2D eigenvalue weighted by molar-refractivity contribution is 5.86. The number of nitrogens with zero attached hydrogens (tertiary/aromatic N) is 2. The average molecular weight is 474 g/mol. The van der Waals surface area contributed by atoms with E-state index in [4.69, 9.17) is 4.74 Å². The van der Waals surface area contributed by atoms with Crippen molar-refractivity contribution in [2.24, 2.45) is 5.92 Å². The van der Waals surface area contributed by atoms with Gasteiger partial charge in [-0.15, -0.1) is 0 Å². The highest BCUT2D eigenvalue weighted by atomic mass is 16.5. The van der Waals surface area contributed by atoms with Crippen LogP contribution in [0.2, 0.25) is 0 Å². The summed E-state index contributed by atoms with van der Waals surface area (Å²) >= 11 is 0. The summed E-state index contributed by atoms with van der Waals surface area (Å²) in [5.74, 6) is 0.709. The second kappa shape index (κ2) is 15.6. The molecule has 2 amide bonds. The third-order valence-electron chi connectivity index (χ3n) is 7.06. The number of aryl methyl sites for hydroxylation is 1. The summed E-state index contributed by atoms with van der Waals surface area (Å²) in [6.07, 6.45) is 13.0. The van der Waals surface area contributed by atoms with Crippen LogP contribution in [0.3, 0.4) is 0 Å². The van der Waals surface area contributed by atoms with Gasteiger partial charge in [0.1, 0.15) is 0 Å². The second-order valence-corrected chi connectivity index (χ2v) is 9.43. The number of amides is 2. The number of hydrogen-bond donors (Lipinski definition) is 1. The Hall–Kier alpha value is -2.24. The van der Waals surface area contributed by atoms with Crippen molar-refractivity contribution in [2.45, 2.75) is 97.9 Å². The van der Waals surface area contributed by atoms with E-state index in [2.05, 4.69) is 27.2 Å². The Balaban J connectivity index is 0.00000199. The molecule has 34 heavy (non-hydrogen) atoms. The maximum Gasteiger partial charge on any atom is 0.411 e. The van der Waals surface area contributed by atoms with Gasteiger partial charge in [-0.2, -0.15) is 0 Å². The molecule has 192 valence electrons. The molecule has 2 fully saturated rings. The van der Waals surface area contributed by atoms with Crippen LogP contribution < -0.4 is 10.2 Å². The lowest BCUT2D eigenvalue weighted by atomic mass is 9.91. The second-order valence-electron chi connectivity index (χ2n) is 9.43. The Morgan fingerprint density at radius 1 is 1.15 bits per heavy atom. The van der Waals surface area contributed by atoms with E-state index < -0.39 is 6.09 Å². The SMILES string of the molecule is CC.CCOC(=O)Nc1ccc(N2CCCC(CCCCN(C=O)C3CCCCC3)C2)cc1C. The summed E-state index contributed by atoms with van der Waals surface area (Å²) < 4.78 is 4.98. The minimum Gasteiger partial charge on any atom is -0.450 e. The highest BCUT2D eigenvalue weighted by Gasteiger charge is 2.22. The zero-order valence-electron chi connectivity index (χ0n) is 22.0. The van der Waals surface area contributed by atoms with Gasteiger partial charge in [-0.25, -0.2) is 4.79 Å². The van der Waals surface area contributed by atoms with E-state index in [9.17, 15) is 9.59 Å². The number of carbonyl (C=O) groups excluding carboxylic acids is 2. The maximum absolute atomic E-state index is 11.7. The number of piperidine rings is 1. The normalized spacial score (nSPS) is 18.5. The van der Waals surface area contributed by atoms with Crippen LogP contribution in [0.4, 0.5) is 16.2 Å². The van der Waals surface area contributed by atoms with Crippen molar-refractivity contribution in [3.63, 3.8) is 0 Å². The molecule has 1 aliphatic heterocycles. The number of ether oxygens (including phenoxy) is 1. The van der Waals surface area contributed by atoms with Crippen molar-refractivity contribution in [3.05, 3.63) is 23.8 Å². The van der Waals surface area contributed by atoms with Gasteiger partial charge in [0.15, 0.2) is 0 Å². The van der Waals surface area contributed by atoms with Crippen LogP contribution >= 0.6 is 0 Å². The van der Waals surface area contributed by atoms with Gasteiger partial charge in [-0.1, -0.05) is 39.5 Å². The van der Waals surface area contributed by atoms with Crippen LogP contribution in [0.25, 0.3) is 0 Å². The summed E-state index contributed by atoms with van der Waals surface area (Å²) in [5.41, 5.74) is 3.08. The van der Waals surface area contributed by atoms with E-state index in [0.717, 1.165) is 43.7 Å². The first-order valence-corrected chi connectivity index (χ1v) is 13.6. The molecule has 6 heteroatoms. The molecule has 0 radical (unpaired) electrons. The molecular weight excluding hydrogens is 426 g/mol. The molecule has 1 saturated carbocycles. The first kappa shape index (κ1) is 28.0. The Morgan fingerprint density at radius 3 is 2.59 bits per heavy atom. The fraction of sp³-hybridized carbons (Fsp3) is 0.714. The number of nitrogens with one attached hydrogen (secondary N) is 1. The minimum atomic E-state index is -0.405. The van der Waals surface area contributed by atoms with Crippen LogP contribution in [0, 0.1) is 12.8 Å². The summed E-state index contributed by atoms with van der Waals surface area (Å²) in [7, 11) is 0. The summed E-state index contributed by atoms with van der Waals surface area (Å²) in [6, 6.07) is 6.72. The van der Waals surface area contributed by atoms with Gasteiger partial charge in [0, 0.05) is 37.1 Å². The fourth-order valence-corrected chi connectivity index (χ4v) is 5.26. The highest BCUT2D eigenvalue weighted by Crippen LogP contribution is 2.29. The van der Waals surface area contributed by atoms with E-state index in [0.29, 0.717) is 18.6 Å². The third kappa shape index (κ3) is 8.84. The van der Waals surface area contributed by atoms with Crippen LogP contribution in [-0.2, 0) is 9.53 Å². The summed E-state index contributed by atoms with van der Waals surface area (Å²) in [4.78, 5) is 27.8. The fourth-order valence-electron chi connectivity index (χ4n) is 5.26. The summed E-state index contributed by atoms with van der Waals surface area (Å²) in [6.45, 7) is 11.3. The van der Waals surface area contributed by atoms with Crippen LogP contribution in [-0.4, -0.2) is 49.7 Å². The molecule has 1 atom stereocenters. The van der Waals surface area contributed by atoms with Gasteiger partial charge < -0.3 is 14.5 Å². The molecule has 0 bridgehead atoms. The molecule has 1 N–H and O–H groups in total. The molecule has 1 aromatic carbocycles. The number of benzene rings is 1. The standard InChI is InChI=1S/C26H41N3O3.C2H6/c1-3-32-26(31)27-25-15-14-24(18-21(25)2)28-17-9-11-22(19-28)10-7-8-16-29(20-30)23-12-5-4-6-13-23;1-2/h14-15,18,20,22-23H,3-13,16-17,19H2,1-2H3,(H,27,31);1-2H3. The van der Waals surface area contributed by atoms with E-state index in [1.807, 2.05) is 26.8 Å². The molecule has 3 rings (SSSR count). The molecule has 1 saturated heterocycles. The van der Waals surface area contributed by atoms with Crippen molar-refractivity contribution in [3.8, 4) is 0 Å². The zero-order chi connectivity index (χ0) is 24.8. The number of rotatable bonds is 10. The molecule has 1 unspecified atom stereocenters. The van der Waals surface area contributed by atoms with Crippen LogP contribution in [0.15, 0.2) is 18.2 Å². The topological polar surface area (TPSA) is 61.9 Å². The largest absolute Gasteiger partial charge is 0.450 e. The van der Waals surface area contributed by atoms with Crippen molar-refractivity contribution in [2.75, 3.05) is 36.5 Å². The van der Waals surface area contributed by atoms with Crippen LogP contribution in [0.5, 0.6) is 0 Å². The lowest BCUT2D eigenvalue weighted by Gasteiger charge is -2.35. The van der Waals surface area contributed by atoms with Gasteiger partial charge in [-0.3, -0.25) is 10.1 Å². The Morgan fingerprint density at radius 2 is 1.91 bits per heavy atom. The predicted octanol–water partition coefficient (Wildman–Crippen LogP) is 6.77. The Labute approximate surface area is 207 Å². The Bertz CT molecular complexity index is 734. The lowest BCUT2D eigenvalue weighted by Crippen LogP contribution is -2.37. The van der Waals surface area contributed by atoms with E-state index in [-0.39, 0.29) is 0 Å². The number of carbonyl (C=O) groups is 2. The molecule has 1 aliphatic carbocycles. The molecule has 0 spiro atoms. The monoisotopic (exact) mass is 473 g/mol. The molecular formula is C28H47N3O3. The first-order valence-electron chi connectivity index (χ1n) is 13.6. The van der Waals surface area contributed by atoms with Gasteiger partial charge in [0.2, 0.25) is 6.41 Å². The predicted molar refractivity (Wildman–Crippen MR) is 142 cm³/mol. The van der Waals surface area contributed by atoms with Crippen molar-refractivity contribution >= 4 is 23.9 Å². The average Bonchev–Trinajstić information content (AvgIpc) is 2.87. The molecule has 2 aliphatic rings. The van der Waals surface area contributed by atoms with Gasteiger partial charge >= 0.3 is 6.09 Å². The van der Waals surface area contributed by atoms with Gasteiger partial charge in [0.25, 0.3) is 0 Å². The first-order chi connectivity index (χ1) is 16.6. The Kier molecular flexibility index (Phi) is 12.9. The smallest absolute Gasteiger partial charge is 0.411 e. The van der Waals surface area contributed by atoms with Gasteiger partial charge in [-0.05, 0) is 82.1 Å². The van der Waals surface area contributed by atoms with Crippen LogP contribution in [0.1, 0.15) is 90.5 Å². The van der Waals surface area contributed by atoms with Crippen molar-refractivity contribution < 1.29 is 14.3 Å². The molecule has 6 nitrogen and oxygen atoms in total. The third-order valence-corrected chi connectivity index (χ3v) is 7.06. The van der Waals surface area contributed by atoms with Gasteiger partial charge in [0.05, 0.1) is 6.61 Å². The molecule has 1 aromatic rings. The minimum absolute atomic E-state index is 0.367. The number of unbranched alkanes of at least 4 members (excludes halogenated alkanes) is 1. The zero-order valence-corrected chi connectivity index (χ0v) is 22.0. The summed E-state index contributed by atoms with van der Waals surface area (Å²) in [5, 5.41) is 2.81. The molecule has 1 heterocycles. The quantitative estimate of drug-likeness (QED) is 0.301. The van der Waals surface area contributed by atoms with E-state index >= 15 is 0 Å². The maximum atomic E-state index is 11.7. The van der Waals surface area contributed by atoms with E-state index in [1.54, 1.807) is 6.92 Å². The van der Waals surface area contributed by atoms with Crippen molar-refractivity contribution in [1.82, 2.24) is 4.90 Å². The number of anilines is 2. The number of hydrogen-bond acceptors (Lipinski definition) is 4.